The Hall–Kier alpha value is -1.07. The molecule has 1 aliphatic rings. The van der Waals surface area contributed by atoms with Crippen LogP contribution >= 0.6 is 11.3 Å². The van der Waals surface area contributed by atoms with Crippen LogP contribution in [0.25, 0.3) is 0 Å². The summed E-state index contributed by atoms with van der Waals surface area (Å²) in [6.07, 6.45) is 0. The lowest BCUT2D eigenvalue weighted by Crippen LogP contribution is -2.25. The maximum Gasteiger partial charge on any atom is 0.348 e. The van der Waals surface area contributed by atoms with Gasteiger partial charge in [-0.2, -0.15) is 0 Å². The van der Waals surface area contributed by atoms with Gasteiger partial charge in [-0.3, -0.25) is 5.32 Å². The van der Waals surface area contributed by atoms with Crippen molar-refractivity contribution in [1.82, 2.24) is 5.32 Å². The summed E-state index contributed by atoms with van der Waals surface area (Å²) in [4.78, 5) is 13.0. The molecule has 4 nitrogen and oxygen atoms in total. The molecule has 70 valence electrons. The molecular weight excluding hydrogens is 188 g/mol. The van der Waals surface area contributed by atoms with E-state index in [1.807, 2.05) is 6.07 Å². The van der Waals surface area contributed by atoms with Crippen LogP contribution in [0.1, 0.15) is 14.5 Å². The van der Waals surface area contributed by atoms with E-state index >= 15 is 0 Å². The number of rotatable bonds is 1. The van der Waals surface area contributed by atoms with Gasteiger partial charge in [0, 0.05) is 11.4 Å². The predicted molar refractivity (Wildman–Crippen MR) is 51.0 cm³/mol. The van der Waals surface area contributed by atoms with Gasteiger partial charge in [0.15, 0.2) is 0 Å². The molecule has 0 radical (unpaired) electrons. The second-order valence-electron chi connectivity index (χ2n) is 2.72. The van der Waals surface area contributed by atoms with Crippen molar-refractivity contribution in [2.45, 2.75) is 6.54 Å². The minimum absolute atomic E-state index is 0.263. The number of fused-ring (bicyclic) bond motifs is 1. The molecule has 2 heterocycles. The van der Waals surface area contributed by atoms with E-state index in [2.05, 4.69) is 15.4 Å². The molecule has 0 bridgehead atoms. The number of thiophene rings is 1. The zero-order chi connectivity index (χ0) is 9.26. The largest absolute Gasteiger partial charge is 0.465 e. The molecule has 13 heavy (non-hydrogen) atoms. The number of hydrogen-bond donors (Lipinski definition) is 2. The number of carbonyl (C=O) groups excluding carboxylic acids is 1. The van der Waals surface area contributed by atoms with E-state index in [-0.39, 0.29) is 5.97 Å². The number of carbonyl (C=O) groups is 1. The molecule has 0 unspecified atom stereocenters. The minimum atomic E-state index is -0.263. The van der Waals surface area contributed by atoms with Gasteiger partial charge in [0.2, 0.25) is 0 Å². The molecule has 1 aromatic heterocycles. The van der Waals surface area contributed by atoms with Crippen LogP contribution in [0.4, 0.5) is 5.69 Å². The molecule has 2 rings (SSSR count). The summed E-state index contributed by atoms with van der Waals surface area (Å²) in [5.41, 5.74) is 1.05. The van der Waals surface area contributed by atoms with Crippen LogP contribution in [-0.2, 0) is 11.3 Å². The first kappa shape index (κ1) is 8.52. The summed E-state index contributed by atoms with van der Waals surface area (Å²) in [5.74, 6) is -0.263. The smallest absolute Gasteiger partial charge is 0.348 e. The van der Waals surface area contributed by atoms with Crippen LogP contribution in [0.2, 0.25) is 0 Å². The highest BCUT2D eigenvalue weighted by molar-refractivity contribution is 7.14. The summed E-state index contributed by atoms with van der Waals surface area (Å²) in [6, 6.07) is 1.84. The van der Waals surface area contributed by atoms with Crippen molar-refractivity contribution in [3.05, 3.63) is 15.8 Å². The number of anilines is 1. The van der Waals surface area contributed by atoms with Crippen LogP contribution in [0.5, 0.6) is 0 Å². The lowest BCUT2D eigenvalue weighted by molar-refractivity contribution is 0.0606. The van der Waals surface area contributed by atoms with Crippen molar-refractivity contribution >= 4 is 23.0 Å². The van der Waals surface area contributed by atoms with E-state index in [1.165, 1.54) is 18.4 Å². The molecular formula is C8H10N2O2S. The lowest BCUT2D eigenvalue weighted by atomic mass is 10.3. The van der Waals surface area contributed by atoms with Crippen molar-refractivity contribution in [2.24, 2.45) is 0 Å². The van der Waals surface area contributed by atoms with Gasteiger partial charge in [-0.25, -0.2) is 4.79 Å². The zero-order valence-electron chi connectivity index (χ0n) is 7.22. The van der Waals surface area contributed by atoms with Gasteiger partial charge < -0.3 is 10.1 Å². The Labute approximate surface area is 79.9 Å². The van der Waals surface area contributed by atoms with Crippen molar-refractivity contribution in [3.63, 3.8) is 0 Å². The first-order valence-electron chi connectivity index (χ1n) is 3.97. The van der Waals surface area contributed by atoms with Crippen molar-refractivity contribution < 1.29 is 9.53 Å². The summed E-state index contributed by atoms with van der Waals surface area (Å²) in [7, 11) is 1.40. The third-order valence-electron chi connectivity index (χ3n) is 1.88. The number of nitrogens with one attached hydrogen (secondary N) is 2. The van der Waals surface area contributed by atoms with Gasteiger partial charge in [-0.1, -0.05) is 0 Å². The summed E-state index contributed by atoms with van der Waals surface area (Å²) < 4.78 is 4.64. The Morgan fingerprint density at radius 2 is 2.54 bits per heavy atom. The van der Waals surface area contributed by atoms with Gasteiger partial charge >= 0.3 is 5.97 Å². The van der Waals surface area contributed by atoms with Crippen molar-refractivity contribution in [2.75, 3.05) is 19.1 Å². The van der Waals surface area contributed by atoms with Gasteiger partial charge in [-0.15, -0.1) is 11.3 Å². The monoisotopic (exact) mass is 198 g/mol. The molecule has 2 N–H and O–H groups in total. The molecule has 0 amide bonds. The highest BCUT2D eigenvalue weighted by Gasteiger charge is 2.16. The van der Waals surface area contributed by atoms with Crippen LogP contribution in [0.15, 0.2) is 6.07 Å². The van der Waals surface area contributed by atoms with Crippen molar-refractivity contribution in [1.29, 1.82) is 0 Å². The van der Waals surface area contributed by atoms with Crippen LogP contribution < -0.4 is 10.6 Å². The molecule has 0 fully saturated rings. The molecule has 0 atom stereocenters. The maximum absolute atomic E-state index is 11.2. The summed E-state index contributed by atoms with van der Waals surface area (Å²) >= 11 is 1.47. The Balaban J connectivity index is 2.30. The molecule has 5 heteroatoms. The Kier molecular flexibility index (Phi) is 2.20. The number of ether oxygens (including phenoxy) is 1. The quantitative estimate of drug-likeness (QED) is 0.661. The fraction of sp³-hybridized carbons (Fsp3) is 0.375. The fourth-order valence-electron chi connectivity index (χ4n) is 1.24. The summed E-state index contributed by atoms with van der Waals surface area (Å²) in [6.45, 7) is 1.58. The van der Waals surface area contributed by atoms with Gasteiger partial charge in [0.1, 0.15) is 4.88 Å². The van der Waals surface area contributed by atoms with E-state index < -0.39 is 0 Å². The Morgan fingerprint density at radius 3 is 3.23 bits per heavy atom. The second kappa shape index (κ2) is 3.35. The average Bonchev–Trinajstić information content (AvgIpc) is 2.59. The molecule has 0 saturated heterocycles. The first-order chi connectivity index (χ1) is 6.31. The standard InChI is InChI=1S/C8H10N2O2S/c1-12-8(11)6-2-5-7(13-6)3-9-4-10-5/h2,9-10H,3-4H2,1H3. The number of hydrogen-bond acceptors (Lipinski definition) is 5. The second-order valence-corrected chi connectivity index (χ2v) is 3.86. The van der Waals surface area contributed by atoms with Gasteiger partial charge in [0.05, 0.1) is 19.5 Å². The molecule has 0 aliphatic carbocycles. The van der Waals surface area contributed by atoms with Crippen molar-refractivity contribution in [3.8, 4) is 0 Å². The fourth-order valence-corrected chi connectivity index (χ4v) is 2.27. The highest BCUT2D eigenvalue weighted by Crippen LogP contribution is 2.28. The Bertz CT molecular complexity index is 311. The third kappa shape index (κ3) is 1.52. The van der Waals surface area contributed by atoms with E-state index in [9.17, 15) is 4.79 Å². The minimum Gasteiger partial charge on any atom is -0.465 e. The van der Waals surface area contributed by atoms with E-state index in [1.54, 1.807) is 0 Å². The van der Waals surface area contributed by atoms with Gasteiger partial charge in [0.25, 0.3) is 0 Å². The number of methoxy groups -OCH3 is 1. The SMILES string of the molecule is COC(=O)c1cc2c(s1)CNCN2. The predicted octanol–water partition coefficient (Wildman–Crippen LogP) is 1.01. The molecule has 1 aromatic rings. The number of esters is 1. The highest BCUT2D eigenvalue weighted by atomic mass is 32.1. The average molecular weight is 198 g/mol. The molecule has 0 saturated carbocycles. The molecule has 0 aromatic carbocycles. The maximum atomic E-state index is 11.2. The first-order valence-corrected chi connectivity index (χ1v) is 4.78. The lowest BCUT2D eigenvalue weighted by Gasteiger charge is -2.13. The zero-order valence-corrected chi connectivity index (χ0v) is 8.03. The van der Waals surface area contributed by atoms with E-state index in [0.717, 1.165) is 23.8 Å². The van der Waals surface area contributed by atoms with E-state index in [4.69, 9.17) is 0 Å². The third-order valence-corrected chi connectivity index (χ3v) is 3.00. The topological polar surface area (TPSA) is 50.4 Å². The van der Waals surface area contributed by atoms with Gasteiger partial charge in [-0.05, 0) is 6.07 Å². The van der Waals surface area contributed by atoms with E-state index in [0.29, 0.717) is 4.88 Å². The van der Waals surface area contributed by atoms with Crippen LogP contribution in [0, 0.1) is 0 Å². The normalized spacial score (nSPS) is 14.5. The van der Waals surface area contributed by atoms with Crippen LogP contribution in [0.3, 0.4) is 0 Å². The summed E-state index contributed by atoms with van der Waals surface area (Å²) in [5, 5.41) is 6.31. The Morgan fingerprint density at radius 1 is 1.69 bits per heavy atom. The molecule has 0 spiro atoms. The molecule has 1 aliphatic heterocycles. The van der Waals surface area contributed by atoms with Crippen LogP contribution in [-0.4, -0.2) is 19.7 Å².